The van der Waals surface area contributed by atoms with Crippen LogP contribution in [0.5, 0.6) is 0 Å². The van der Waals surface area contributed by atoms with Crippen LogP contribution < -0.4 is 5.32 Å². The standard InChI is InChI=1S/C7H8N6O4/c14-6(8-2-5-9-12-13-10-5)4-1-3(7(15)16)11-17-4/h4H,1-2H2,(H,8,14)(H,15,16)(H,9,10,12,13). The van der Waals surface area contributed by atoms with Gasteiger partial charge in [0.05, 0.1) is 6.54 Å². The summed E-state index contributed by atoms with van der Waals surface area (Å²) in [6, 6.07) is 0. The van der Waals surface area contributed by atoms with Crippen LogP contribution in [0.15, 0.2) is 5.16 Å². The molecule has 10 nitrogen and oxygen atoms in total. The maximum atomic E-state index is 11.5. The molecule has 17 heavy (non-hydrogen) atoms. The molecule has 1 amide bonds. The van der Waals surface area contributed by atoms with Gasteiger partial charge in [-0.2, -0.15) is 5.21 Å². The summed E-state index contributed by atoms with van der Waals surface area (Å²) in [5, 5.41) is 27.2. The highest BCUT2D eigenvalue weighted by atomic mass is 16.6. The van der Waals surface area contributed by atoms with Crippen LogP contribution in [0, 0.1) is 0 Å². The van der Waals surface area contributed by atoms with E-state index in [1.54, 1.807) is 0 Å². The molecule has 1 unspecified atom stereocenters. The minimum Gasteiger partial charge on any atom is -0.477 e. The van der Waals surface area contributed by atoms with Crippen LogP contribution in [0.25, 0.3) is 0 Å². The average Bonchev–Trinajstić information content (AvgIpc) is 2.96. The highest BCUT2D eigenvalue weighted by Gasteiger charge is 2.31. The number of aliphatic carboxylic acids is 1. The Balaban J connectivity index is 1.81. The number of carbonyl (C=O) groups is 2. The Labute approximate surface area is 94.0 Å². The van der Waals surface area contributed by atoms with Crippen molar-refractivity contribution >= 4 is 17.6 Å². The predicted molar refractivity (Wildman–Crippen MR) is 50.6 cm³/mol. The van der Waals surface area contributed by atoms with E-state index in [0.717, 1.165) is 0 Å². The van der Waals surface area contributed by atoms with Crippen LogP contribution in [0.3, 0.4) is 0 Å². The third-order valence-electron chi connectivity index (χ3n) is 2.02. The summed E-state index contributed by atoms with van der Waals surface area (Å²) in [6.07, 6.45) is -0.985. The van der Waals surface area contributed by atoms with Crippen molar-refractivity contribution in [1.82, 2.24) is 25.9 Å². The van der Waals surface area contributed by atoms with Crippen molar-refractivity contribution in [2.24, 2.45) is 5.16 Å². The minimum absolute atomic E-state index is 0.0621. The van der Waals surface area contributed by atoms with E-state index in [9.17, 15) is 9.59 Å². The number of amides is 1. The maximum absolute atomic E-state index is 11.5. The van der Waals surface area contributed by atoms with Crippen LogP contribution in [-0.2, 0) is 21.0 Å². The maximum Gasteiger partial charge on any atom is 0.353 e. The molecule has 1 aromatic rings. The SMILES string of the molecule is O=C(O)C1=NOC(C(=O)NCc2nn[nH]n2)C1. The molecule has 0 aromatic carbocycles. The van der Waals surface area contributed by atoms with E-state index < -0.39 is 18.0 Å². The van der Waals surface area contributed by atoms with Gasteiger partial charge >= 0.3 is 5.97 Å². The molecule has 0 spiro atoms. The lowest BCUT2D eigenvalue weighted by atomic mass is 10.2. The topological polar surface area (TPSA) is 142 Å². The quantitative estimate of drug-likeness (QED) is 0.554. The monoisotopic (exact) mass is 240 g/mol. The molecular weight excluding hydrogens is 232 g/mol. The van der Waals surface area contributed by atoms with Crippen molar-refractivity contribution in [3.63, 3.8) is 0 Å². The summed E-state index contributed by atoms with van der Waals surface area (Å²) in [7, 11) is 0. The summed E-state index contributed by atoms with van der Waals surface area (Å²) in [6.45, 7) is 0.0810. The second kappa shape index (κ2) is 4.55. The number of carboxylic acids is 1. The highest BCUT2D eigenvalue weighted by molar-refractivity contribution is 6.36. The normalized spacial score (nSPS) is 18.4. The van der Waals surface area contributed by atoms with Crippen LogP contribution >= 0.6 is 0 Å². The van der Waals surface area contributed by atoms with Crippen molar-refractivity contribution < 1.29 is 19.5 Å². The van der Waals surface area contributed by atoms with E-state index in [4.69, 9.17) is 5.11 Å². The van der Waals surface area contributed by atoms with Crippen molar-refractivity contribution in [2.75, 3.05) is 0 Å². The van der Waals surface area contributed by atoms with Gasteiger partial charge in [0.1, 0.15) is 0 Å². The number of carbonyl (C=O) groups excluding carboxylic acids is 1. The van der Waals surface area contributed by atoms with Gasteiger partial charge in [-0.05, 0) is 0 Å². The molecule has 0 saturated heterocycles. The summed E-state index contributed by atoms with van der Waals surface area (Å²) >= 11 is 0. The number of carboxylic acid groups (broad SMARTS) is 1. The van der Waals surface area contributed by atoms with Gasteiger partial charge in [0.25, 0.3) is 5.91 Å². The number of hydrogen-bond donors (Lipinski definition) is 3. The summed E-state index contributed by atoms with van der Waals surface area (Å²) in [5.74, 6) is -1.36. The fourth-order valence-electron chi connectivity index (χ4n) is 1.18. The number of rotatable bonds is 4. The molecule has 10 heteroatoms. The van der Waals surface area contributed by atoms with Crippen molar-refractivity contribution in [3.8, 4) is 0 Å². The van der Waals surface area contributed by atoms with E-state index in [0.29, 0.717) is 5.82 Å². The van der Waals surface area contributed by atoms with Gasteiger partial charge in [-0.15, -0.1) is 10.2 Å². The molecule has 1 aromatic heterocycles. The molecule has 1 aliphatic heterocycles. The fourth-order valence-corrected chi connectivity index (χ4v) is 1.18. The molecule has 90 valence electrons. The second-order valence-electron chi connectivity index (χ2n) is 3.19. The Hall–Kier alpha value is -2.52. The van der Waals surface area contributed by atoms with Crippen LogP contribution in [0.1, 0.15) is 12.2 Å². The van der Waals surface area contributed by atoms with E-state index >= 15 is 0 Å². The van der Waals surface area contributed by atoms with E-state index in [1.165, 1.54) is 0 Å². The zero-order valence-corrected chi connectivity index (χ0v) is 8.45. The van der Waals surface area contributed by atoms with Crippen molar-refractivity contribution in [1.29, 1.82) is 0 Å². The lowest BCUT2D eigenvalue weighted by Gasteiger charge is -2.06. The lowest BCUT2D eigenvalue weighted by molar-refractivity contribution is -0.131. The Morgan fingerprint density at radius 3 is 3.00 bits per heavy atom. The van der Waals surface area contributed by atoms with E-state index in [-0.39, 0.29) is 18.7 Å². The number of tetrazole rings is 1. The molecule has 0 bridgehead atoms. The third kappa shape index (κ3) is 2.53. The Bertz CT molecular complexity index is 455. The fraction of sp³-hybridized carbons (Fsp3) is 0.429. The minimum atomic E-state index is -1.20. The zero-order valence-electron chi connectivity index (χ0n) is 8.45. The molecule has 1 aliphatic rings. The number of nitrogens with one attached hydrogen (secondary N) is 2. The highest BCUT2D eigenvalue weighted by Crippen LogP contribution is 2.10. The van der Waals surface area contributed by atoms with E-state index in [1.807, 2.05) is 0 Å². The smallest absolute Gasteiger partial charge is 0.353 e. The largest absolute Gasteiger partial charge is 0.477 e. The third-order valence-corrected chi connectivity index (χ3v) is 2.02. The van der Waals surface area contributed by atoms with Gasteiger partial charge in [-0.1, -0.05) is 10.4 Å². The summed E-state index contributed by atoms with van der Waals surface area (Å²) in [4.78, 5) is 26.7. The Kier molecular flexibility index (Phi) is 2.94. The second-order valence-corrected chi connectivity index (χ2v) is 3.19. The predicted octanol–water partition coefficient (Wildman–Crippen LogP) is -1.95. The molecule has 2 heterocycles. The van der Waals surface area contributed by atoms with Crippen LogP contribution in [0.2, 0.25) is 0 Å². The van der Waals surface area contributed by atoms with Crippen molar-refractivity contribution in [2.45, 2.75) is 19.1 Å². The Morgan fingerprint density at radius 1 is 1.59 bits per heavy atom. The number of H-pyrrole nitrogens is 1. The molecule has 0 fully saturated rings. The molecular formula is C7H8N6O4. The summed E-state index contributed by atoms with van der Waals surface area (Å²) < 4.78 is 0. The molecule has 3 N–H and O–H groups in total. The molecule has 0 aliphatic carbocycles. The molecule has 1 atom stereocenters. The number of oxime groups is 1. The van der Waals surface area contributed by atoms with Gasteiger partial charge in [0, 0.05) is 6.42 Å². The first-order valence-corrected chi connectivity index (χ1v) is 4.63. The first-order chi connectivity index (χ1) is 8.16. The zero-order chi connectivity index (χ0) is 12.3. The van der Waals surface area contributed by atoms with Gasteiger partial charge in [-0.3, -0.25) is 4.79 Å². The molecule has 0 radical (unpaired) electrons. The molecule has 2 rings (SSSR count). The van der Waals surface area contributed by atoms with Gasteiger partial charge in [0.2, 0.25) is 6.10 Å². The summed E-state index contributed by atoms with van der Waals surface area (Å²) in [5.41, 5.74) is -0.176. The lowest BCUT2D eigenvalue weighted by Crippen LogP contribution is -2.35. The van der Waals surface area contributed by atoms with Gasteiger partial charge in [0.15, 0.2) is 11.5 Å². The van der Waals surface area contributed by atoms with Gasteiger partial charge in [-0.25, -0.2) is 4.79 Å². The Morgan fingerprint density at radius 2 is 2.41 bits per heavy atom. The number of hydrogen-bond acceptors (Lipinski definition) is 7. The molecule has 0 saturated carbocycles. The van der Waals surface area contributed by atoms with Crippen molar-refractivity contribution in [3.05, 3.63) is 5.82 Å². The first kappa shape index (κ1) is 11.0. The van der Waals surface area contributed by atoms with Gasteiger partial charge < -0.3 is 15.3 Å². The average molecular weight is 240 g/mol. The number of nitrogens with zero attached hydrogens (tertiary/aromatic N) is 4. The number of aromatic nitrogens is 4. The van der Waals surface area contributed by atoms with Crippen LogP contribution in [-0.4, -0.2) is 49.4 Å². The van der Waals surface area contributed by atoms with E-state index in [2.05, 4.69) is 35.9 Å². The van der Waals surface area contributed by atoms with Crippen LogP contribution in [0.4, 0.5) is 0 Å². The number of aromatic amines is 1. The first-order valence-electron chi connectivity index (χ1n) is 4.63.